The zero-order chi connectivity index (χ0) is 20.9. The van der Waals surface area contributed by atoms with Gasteiger partial charge < -0.3 is 24.1 Å². The second-order valence-electron chi connectivity index (χ2n) is 9.85. The van der Waals surface area contributed by atoms with Crippen molar-refractivity contribution in [2.24, 2.45) is 17.3 Å². The largest absolute Gasteiger partial charge is 0.463 e. The molecule has 2 unspecified atom stereocenters. The summed E-state index contributed by atoms with van der Waals surface area (Å²) < 4.78 is 22.0. The molecule has 0 amide bonds. The minimum Gasteiger partial charge on any atom is -0.463 e. The van der Waals surface area contributed by atoms with E-state index in [1.807, 2.05) is 0 Å². The van der Waals surface area contributed by atoms with Gasteiger partial charge in [0.2, 0.25) is 0 Å². The molecule has 6 nitrogen and oxygen atoms in total. The fourth-order valence-electron chi connectivity index (χ4n) is 5.20. The molecule has 3 rings (SSSR count). The number of epoxide rings is 1. The lowest BCUT2D eigenvalue weighted by Crippen LogP contribution is -2.39. The van der Waals surface area contributed by atoms with E-state index in [2.05, 4.69) is 13.8 Å². The highest BCUT2D eigenvalue weighted by molar-refractivity contribution is 5.65. The highest BCUT2D eigenvalue weighted by atomic mass is 16.6. The van der Waals surface area contributed by atoms with Gasteiger partial charge >= 0.3 is 5.97 Å². The maximum absolute atomic E-state index is 10.8. The summed E-state index contributed by atoms with van der Waals surface area (Å²) in [5.74, 6) is 1.13. The number of rotatable bonds is 10. The van der Waals surface area contributed by atoms with Gasteiger partial charge in [0, 0.05) is 6.92 Å². The van der Waals surface area contributed by atoms with Crippen molar-refractivity contribution < 1.29 is 28.8 Å². The van der Waals surface area contributed by atoms with Crippen LogP contribution in [-0.4, -0.2) is 61.9 Å². The lowest BCUT2D eigenvalue weighted by Gasteiger charge is -2.46. The molecular weight excluding hydrogens is 372 g/mol. The molecule has 1 N–H and O–H groups in total. The van der Waals surface area contributed by atoms with E-state index in [1.54, 1.807) is 0 Å². The second kappa shape index (κ2) is 10.6. The summed E-state index contributed by atoms with van der Waals surface area (Å²) in [4.78, 5) is 10.8. The number of aliphatic hydroxyl groups excluding tert-OH is 1. The molecular formula is C23H40O6. The number of aliphatic hydroxyl groups is 1. The van der Waals surface area contributed by atoms with Crippen molar-refractivity contribution in [3.05, 3.63) is 0 Å². The predicted molar refractivity (Wildman–Crippen MR) is 110 cm³/mol. The Morgan fingerprint density at radius 1 is 0.966 bits per heavy atom. The van der Waals surface area contributed by atoms with Crippen molar-refractivity contribution >= 4 is 5.97 Å². The van der Waals surface area contributed by atoms with Gasteiger partial charge in [0.15, 0.2) is 0 Å². The highest BCUT2D eigenvalue weighted by Gasteiger charge is 2.41. The molecule has 3 aliphatic rings. The van der Waals surface area contributed by atoms with E-state index in [0.29, 0.717) is 17.6 Å². The van der Waals surface area contributed by atoms with Gasteiger partial charge in [-0.05, 0) is 68.6 Å². The molecule has 1 heterocycles. The summed E-state index contributed by atoms with van der Waals surface area (Å²) in [6.07, 6.45) is 9.63. The maximum atomic E-state index is 10.8. The van der Waals surface area contributed by atoms with E-state index in [0.717, 1.165) is 37.9 Å². The first-order valence-corrected chi connectivity index (χ1v) is 11.5. The topological polar surface area (TPSA) is 77.5 Å². The molecule has 2 atom stereocenters. The molecule has 3 fully saturated rings. The van der Waals surface area contributed by atoms with Crippen LogP contribution in [0.25, 0.3) is 0 Å². The first-order valence-electron chi connectivity index (χ1n) is 11.5. The second-order valence-corrected chi connectivity index (χ2v) is 9.85. The minimum atomic E-state index is -0.739. The molecule has 0 aromatic rings. The summed E-state index contributed by atoms with van der Waals surface area (Å²) in [6.45, 7) is 8.17. The van der Waals surface area contributed by atoms with E-state index in [1.165, 1.54) is 45.4 Å². The first kappa shape index (κ1) is 23.0. The Labute approximate surface area is 175 Å². The van der Waals surface area contributed by atoms with Gasteiger partial charge in [0.1, 0.15) is 18.8 Å². The van der Waals surface area contributed by atoms with E-state index in [9.17, 15) is 9.90 Å². The molecule has 0 radical (unpaired) electrons. The molecule has 0 aromatic carbocycles. The van der Waals surface area contributed by atoms with Gasteiger partial charge in [-0.1, -0.05) is 13.8 Å². The van der Waals surface area contributed by atoms with Crippen LogP contribution < -0.4 is 0 Å². The fraction of sp³-hybridized carbons (Fsp3) is 0.957. The Morgan fingerprint density at radius 3 is 1.97 bits per heavy atom. The summed E-state index contributed by atoms with van der Waals surface area (Å²) in [5, 5.41) is 9.85. The van der Waals surface area contributed by atoms with Crippen molar-refractivity contribution in [2.75, 3.05) is 26.4 Å². The Hall–Kier alpha value is -0.690. The third kappa shape index (κ3) is 7.20. The first-order chi connectivity index (χ1) is 13.8. The summed E-state index contributed by atoms with van der Waals surface area (Å²) >= 11 is 0. The van der Waals surface area contributed by atoms with E-state index < -0.39 is 6.10 Å². The molecule has 2 aliphatic carbocycles. The van der Waals surface area contributed by atoms with Crippen LogP contribution in [0, 0.1) is 17.3 Å². The van der Waals surface area contributed by atoms with Crippen LogP contribution in [0.5, 0.6) is 0 Å². The van der Waals surface area contributed by atoms with Crippen molar-refractivity contribution in [3.63, 3.8) is 0 Å². The molecule has 1 aliphatic heterocycles. The number of hydrogen-bond donors (Lipinski definition) is 1. The number of carbonyl (C=O) groups excluding carboxylic acids is 1. The molecule has 0 aromatic heterocycles. The Morgan fingerprint density at radius 2 is 1.48 bits per heavy atom. The average molecular weight is 413 g/mol. The number of hydrogen-bond acceptors (Lipinski definition) is 6. The minimum absolute atomic E-state index is 0.0117. The van der Waals surface area contributed by atoms with Crippen LogP contribution in [0.1, 0.15) is 72.1 Å². The van der Waals surface area contributed by atoms with E-state index in [-0.39, 0.29) is 25.3 Å². The fourth-order valence-corrected chi connectivity index (χ4v) is 5.20. The zero-order valence-corrected chi connectivity index (χ0v) is 18.4. The standard InChI is InChI=1S/C23H40O6/c1-16(24)26-12-19(25)13-27-20-8-4-17(5-9-20)23(2,3)18-6-10-21(11-7-18)28-14-22-15-29-22/h17-22,25H,4-15H2,1-3H3. The summed E-state index contributed by atoms with van der Waals surface area (Å²) in [6, 6.07) is 0. The molecule has 1 saturated heterocycles. The highest BCUT2D eigenvalue weighted by Crippen LogP contribution is 2.48. The van der Waals surface area contributed by atoms with Crippen LogP contribution in [0.3, 0.4) is 0 Å². The third-order valence-corrected chi connectivity index (χ3v) is 7.38. The van der Waals surface area contributed by atoms with Gasteiger partial charge in [-0.25, -0.2) is 0 Å². The monoisotopic (exact) mass is 412 g/mol. The number of carbonyl (C=O) groups is 1. The van der Waals surface area contributed by atoms with Crippen molar-refractivity contribution in [2.45, 2.75) is 96.6 Å². The third-order valence-electron chi connectivity index (χ3n) is 7.38. The smallest absolute Gasteiger partial charge is 0.302 e. The van der Waals surface area contributed by atoms with Crippen molar-refractivity contribution in [3.8, 4) is 0 Å². The normalized spacial score (nSPS) is 33.9. The Bertz CT molecular complexity index is 501. The van der Waals surface area contributed by atoms with Crippen LogP contribution in [0.4, 0.5) is 0 Å². The molecule has 168 valence electrons. The van der Waals surface area contributed by atoms with Crippen LogP contribution in [0.2, 0.25) is 0 Å². The summed E-state index contributed by atoms with van der Waals surface area (Å²) in [5.41, 5.74) is 0.352. The maximum Gasteiger partial charge on any atom is 0.302 e. The number of ether oxygens (including phenoxy) is 4. The lowest BCUT2D eigenvalue weighted by molar-refractivity contribution is -0.145. The van der Waals surface area contributed by atoms with Crippen LogP contribution in [-0.2, 0) is 23.7 Å². The lowest BCUT2D eigenvalue weighted by atomic mass is 9.60. The zero-order valence-electron chi connectivity index (χ0n) is 18.4. The molecule has 6 heteroatoms. The van der Waals surface area contributed by atoms with Crippen molar-refractivity contribution in [1.82, 2.24) is 0 Å². The SMILES string of the molecule is CC(=O)OCC(O)COC1CCC(C(C)(C)C2CCC(OCC3CO3)CC2)CC1. The van der Waals surface area contributed by atoms with E-state index in [4.69, 9.17) is 18.9 Å². The van der Waals surface area contributed by atoms with Gasteiger partial charge in [-0.15, -0.1) is 0 Å². The predicted octanol–water partition coefficient (Wildman–Crippen LogP) is 3.49. The van der Waals surface area contributed by atoms with Gasteiger partial charge in [0.25, 0.3) is 0 Å². The molecule has 2 saturated carbocycles. The molecule has 0 spiro atoms. The quantitative estimate of drug-likeness (QED) is 0.437. The van der Waals surface area contributed by atoms with Gasteiger partial charge in [-0.2, -0.15) is 0 Å². The molecule has 0 bridgehead atoms. The van der Waals surface area contributed by atoms with Crippen LogP contribution >= 0.6 is 0 Å². The summed E-state index contributed by atoms with van der Waals surface area (Å²) in [7, 11) is 0. The van der Waals surface area contributed by atoms with Gasteiger partial charge in [-0.3, -0.25) is 4.79 Å². The average Bonchev–Trinajstić information content (AvgIpc) is 3.54. The van der Waals surface area contributed by atoms with Gasteiger partial charge in [0.05, 0.1) is 32.0 Å². The van der Waals surface area contributed by atoms with Crippen LogP contribution in [0.15, 0.2) is 0 Å². The Balaban J connectivity index is 1.34. The number of esters is 1. The Kier molecular flexibility index (Phi) is 8.37. The van der Waals surface area contributed by atoms with Crippen molar-refractivity contribution in [1.29, 1.82) is 0 Å². The van der Waals surface area contributed by atoms with E-state index >= 15 is 0 Å². The molecule has 29 heavy (non-hydrogen) atoms.